The molecule has 0 unspecified atom stereocenters. The van der Waals surface area contributed by atoms with E-state index in [4.69, 9.17) is 0 Å². The molecule has 0 aromatic heterocycles. The third kappa shape index (κ3) is 2.24. The van der Waals surface area contributed by atoms with Crippen LogP contribution in [-0.4, -0.2) is 40.3 Å². The summed E-state index contributed by atoms with van der Waals surface area (Å²) in [6, 6.07) is 0. The Hall–Kier alpha value is -0.390. The van der Waals surface area contributed by atoms with E-state index >= 15 is 0 Å². The van der Waals surface area contributed by atoms with Gasteiger partial charge in [0.15, 0.2) is 9.84 Å². The van der Waals surface area contributed by atoms with Gasteiger partial charge in [-0.3, -0.25) is 0 Å². The van der Waals surface area contributed by atoms with Crippen LogP contribution in [0.2, 0.25) is 0 Å². The van der Waals surface area contributed by atoms with Crippen LogP contribution in [0.5, 0.6) is 0 Å². The lowest BCUT2D eigenvalue weighted by Crippen LogP contribution is -2.47. The quantitative estimate of drug-likeness (QED) is 0.672. The third-order valence-corrected chi connectivity index (χ3v) is 5.44. The molecule has 1 aliphatic heterocycles. The highest BCUT2D eigenvalue weighted by Gasteiger charge is 2.49. The Kier molecular flexibility index (Phi) is 2.79. The highest BCUT2D eigenvalue weighted by Crippen LogP contribution is 2.33. The van der Waals surface area contributed by atoms with Crippen LogP contribution in [0.25, 0.3) is 0 Å². The molecule has 0 amide bonds. The summed E-state index contributed by atoms with van der Waals surface area (Å²) in [6.45, 7) is 5.80. The molecule has 1 heterocycles. The zero-order valence-electron chi connectivity index (χ0n) is 9.43. The predicted octanol–water partition coefficient (Wildman–Crippen LogP) is 0.250. The zero-order chi connectivity index (χ0) is 12.1. The molecule has 2 N–H and O–H groups in total. The van der Waals surface area contributed by atoms with E-state index in [9.17, 15) is 18.6 Å². The Balaban J connectivity index is 3.14. The summed E-state index contributed by atoms with van der Waals surface area (Å²) >= 11 is 0. The number of hydrogen-bond acceptors (Lipinski definition) is 4. The Morgan fingerprint density at radius 2 is 1.20 bits per heavy atom. The lowest BCUT2D eigenvalue weighted by Gasteiger charge is -2.29. The zero-order valence-corrected chi connectivity index (χ0v) is 10.2. The molecule has 1 aliphatic rings. The average Bonchev–Trinajstić information content (AvgIpc) is 2.21. The van der Waals surface area contributed by atoms with E-state index in [-0.39, 0.29) is 0 Å². The lowest BCUT2D eigenvalue weighted by molar-refractivity contribution is 0.0814. The molecule has 0 aromatic rings. The van der Waals surface area contributed by atoms with Gasteiger partial charge in [-0.25, -0.2) is 8.42 Å². The van der Waals surface area contributed by atoms with Crippen LogP contribution >= 0.6 is 0 Å². The molecule has 0 fully saturated rings. The van der Waals surface area contributed by atoms with Gasteiger partial charge in [0.25, 0.3) is 0 Å². The van der Waals surface area contributed by atoms with E-state index in [2.05, 4.69) is 0 Å². The molecule has 2 atom stereocenters. The molecule has 0 aliphatic carbocycles. The Bertz CT molecular complexity index is 337. The molecule has 88 valence electrons. The highest BCUT2D eigenvalue weighted by molar-refractivity contribution is 7.93. The number of sulfone groups is 1. The number of rotatable bonds is 2. The van der Waals surface area contributed by atoms with Crippen LogP contribution < -0.4 is 0 Å². The van der Waals surface area contributed by atoms with Gasteiger partial charge >= 0.3 is 0 Å². The smallest absolute Gasteiger partial charge is 0.168 e. The minimum Gasteiger partial charge on any atom is -0.389 e. The molecular weight excluding hydrogens is 216 g/mol. The van der Waals surface area contributed by atoms with Crippen molar-refractivity contribution in [1.29, 1.82) is 0 Å². The first kappa shape index (κ1) is 12.7. The highest BCUT2D eigenvalue weighted by atomic mass is 32.2. The molecule has 0 spiro atoms. The van der Waals surface area contributed by atoms with Crippen molar-refractivity contribution in [2.24, 2.45) is 0 Å². The van der Waals surface area contributed by atoms with E-state index in [0.717, 1.165) is 0 Å². The van der Waals surface area contributed by atoms with Gasteiger partial charge in [-0.05, 0) is 27.7 Å². The maximum atomic E-state index is 12.0. The first-order valence-electron chi connectivity index (χ1n) is 4.83. The molecule has 0 radical (unpaired) electrons. The molecule has 1 rings (SSSR count). The fraction of sp³-hybridized carbons (Fsp3) is 0.800. The fourth-order valence-corrected chi connectivity index (χ4v) is 4.40. The van der Waals surface area contributed by atoms with Gasteiger partial charge < -0.3 is 10.2 Å². The van der Waals surface area contributed by atoms with Crippen LogP contribution in [0.15, 0.2) is 12.2 Å². The number of hydrogen-bond donors (Lipinski definition) is 2. The van der Waals surface area contributed by atoms with E-state index in [1.807, 2.05) is 0 Å². The second-order valence-electron chi connectivity index (χ2n) is 5.12. The second-order valence-corrected chi connectivity index (χ2v) is 7.32. The molecule has 15 heavy (non-hydrogen) atoms. The monoisotopic (exact) mass is 234 g/mol. The lowest BCUT2D eigenvalue weighted by atomic mass is 10.0. The molecule has 0 saturated carbocycles. The van der Waals surface area contributed by atoms with Gasteiger partial charge in [-0.1, -0.05) is 12.2 Å². The molecular formula is C10H18O4S. The van der Waals surface area contributed by atoms with Gasteiger partial charge in [0, 0.05) is 0 Å². The van der Waals surface area contributed by atoms with Gasteiger partial charge in [-0.2, -0.15) is 0 Å². The fourth-order valence-electron chi connectivity index (χ4n) is 1.85. The molecule has 0 aromatic carbocycles. The summed E-state index contributed by atoms with van der Waals surface area (Å²) in [6.07, 6.45) is 2.91. The summed E-state index contributed by atoms with van der Waals surface area (Å²) in [5.41, 5.74) is -2.65. The van der Waals surface area contributed by atoms with Crippen molar-refractivity contribution < 1.29 is 18.6 Å². The minimum absolute atomic E-state index is 0.943. The van der Waals surface area contributed by atoms with Crippen LogP contribution in [0, 0.1) is 0 Å². The Morgan fingerprint density at radius 1 is 0.933 bits per heavy atom. The van der Waals surface area contributed by atoms with Crippen molar-refractivity contribution in [2.75, 3.05) is 0 Å². The average molecular weight is 234 g/mol. The Labute approximate surface area is 90.5 Å². The van der Waals surface area contributed by atoms with E-state index in [1.54, 1.807) is 0 Å². The topological polar surface area (TPSA) is 74.6 Å². The Morgan fingerprint density at radius 3 is 1.33 bits per heavy atom. The first-order chi connectivity index (χ1) is 6.47. The molecule has 0 bridgehead atoms. The van der Waals surface area contributed by atoms with Gasteiger partial charge in [0.05, 0.1) is 11.2 Å². The maximum absolute atomic E-state index is 12.0. The van der Waals surface area contributed by atoms with Crippen LogP contribution in [0.1, 0.15) is 27.7 Å². The van der Waals surface area contributed by atoms with Crippen molar-refractivity contribution in [2.45, 2.75) is 49.4 Å². The maximum Gasteiger partial charge on any atom is 0.168 e. The normalized spacial score (nSPS) is 30.8. The van der Waals surface area contributed by atoms with Crippen molar-refractivity contribution in [3.8, 4) is 0 Å². The molecule has 0 saturated heterocycles. The van der Waals surface area contributed by atoms with Crippen LogP contribution in [0.4, 0.5) is 0 Å². The van der Waals surface area contributed by atoms with E-state index in [0.29, 0.717) is 0 Å². The van der Waals surface area contributed by atoms with Gasteiger partial charge in [0.1, 0.15) is 10.5 Å². The number of aliphatic hydroxyl groups is 2. The second kappa shape index (κ2) is 3.30. The van der Waals surface area contributed by atoms with Crippen molar-refractivity contribution in [3.63, 3.8) is 0 Å². The molecule has 5 heteroatoms. The summed E-state index contributed by atoms with van der Waals surface area (Å²) in [4.78, 5) is 0. The van der Waals surface area contributed by atoms with E-state index in [1.165, 1.54) is 39.8 Å². The summed E-state index contributed by atoms with van der Waals surface area (Å²) < 4.78 is 24.0. The predicted molar refractivity (Wildman–Crippen MR) is 58.2 cm³/mol. The standard InChI is InChI=1S/C10H18O4S/c1-9(2,11)7-5-6-8(10(3,4)12)15(7,13)14/h5-8,11-12H,1-4H3/t7-,8-/m1/s1. The minimum atomic E-state index is -3.55. The van der Waals surface area contributed by atoms with Crippen LogP contribution in [0.3, 0.4) is 0 Å². The SMILES string of the molecule is CC(C)(O)[C@H]1C=C[C@H](C(C)(C)O)S1(=O)=O. The third-order valence-electron chi connectivity index (χ3n) is 2.56. The summed E-state index contributed by atoms with van der Waals surface area (Å²) in [5, 5.41) is 17.6. The van der Waals surface area contributed by atoms with Crippen molar-refractivity contribution >= 4 is 9.84 Å². The summed E-state index contributed by atoms with van der Waals surface area (Å²) in [5.74, 6) is 0. The van der Waals surface area contributed by atoms with Gasteiger partial charge in [0.2, 0.25) is 0 Å². The van der Waals surface area contributed by atoms with Crippen molar-refractivity contribution in [3.05, 3.63) is 12.2 Å². The van der Waals surface area contributed by atoms with Crippen molar-refractivity contribution in [1.82, 2.24) is 0 Å². The molecule has 4 nitrogen and oxygen atoms in total. The largest absolute Gasteiger partial charge is 0.389 e. The summed E-state index contributed by atoms with van der Waals surface area (Å²) in [7, 11) is -3.55. The van der Waals surface area contributed by atoms with E-state index < -0.39 is 31.5 Å². The van der Waals surface area contributed by atoms with Gasteiger partial charge in [-0.15, -0.1) is 0 Å². The van der Waals surface area contributed by atoms with Crippen LogP contribution in [-0.2, 0) is 9.84 Å². The first-order valence-corrected chi connectivity index (χ1v) is 6.44.